The van der Waals surface area contributed by atoms with Crippen LogP contribution in [0.1, 0.15) is 42.9 Å². The molecule has 2 heterocycles. The fraction of sp³-hybridized carbons (Fsp3) is 0.360. The zero-order valence-corrected chi connectivity index (χ0v) is 18.2. The van der Waals surface area contributed by atoms with Crippen molar-refractivity contribution in [3.63, 3.8) is 0 Å². The Morgan fingerprint density at radius 3 is 2.88 bits per heavy atom. The second-order valence-electron chi connectivity index (χ2n) is 8.36. The number of carbonyl (C=O) groups excluding carboxylic acids is 1. The van der Waals surface area contributed by atoms with Crippen molar-refractivity contribution in [2.45, 2.75) is 37.6 Å². The zero-order valence-electron chi connectivity index (χ0n) is 18.2. The Labute approximate surface area is 186 Å². The van der Waals surface area contributed by atoms with Gasteiger partial charge in [0.1, 0.15) is 0 Å². The molecule has 1 aliphatic heterocycles. The zero-order chi connectivity index (χ0) is 22.7. The number of benzene rings is 1. The lowest BCUT2D eigenvalue weighted by molar-refractivity contribution is -0.118. The first-order valence-electron chi connectivity index (χ1n) is 11.0. The van der Waals surface area contributed by atoms with Crippen LogP contribution in [0.25, 0.3) is 5.57 Å². The molecule has 1 aromatic carbocycles. The SMILES string of the molecule is C=CCC1=C(C(=O)N[C@@H]2CNCC[C@H]2c2ccc(F)c(F)c2)CCC(c2ccnn2C)=C1. The summed E-state index contributed by atoms with van der Waals surface area (Å²) < 4.78 is 29.1. The van der Waals surface area contributed by atoms with Gasteiger partial charge in [-0.05, 0) is 67.1 Å². The molecule has 2 aromatic rings. The molecule has 1 aromatic heterocycles. The normalized spacial score (nSPS) is 21.3. The number of halogens is 2. The van der Waals surface area contributed by atoms with Gasteiger partial charge in [-0.2, -0.15) is 5.10 Å². The lowest BCUT2D eigenvalue weighted by atomic mass is 9.84. The van der Waals surface area contributed by atoms with Crippen LogP contribution in [0, 0.1) is 11.6 Å². The van der Waals surface area contributed by atoms with Crippen molar-refractivity contribution < 1.29 is 13.6 Å². The van der Waals surface area contributed by atoms with Gasteiger partial charge in [-0.25, -0.2) is 8.78 Å². The van der Waals surface area contributed by atoms with E-state index in [1.54, 1.807) is 18.3 Å². The number of allylic oxidation sites excluding steroid dienone is 4. The maximum atomic E-state index is 13.8. The van der Waals surface area contributed by atoms with E-state index in [1.807, 2.05) is 17.8 Å². The van der Waals surface area contributed by atoms with Gasteiger partial charge in [-0.1, -0.05) is 18.2 Å². The lowest BCUT2D eigenvalue weighted by Crippen LogP contribution is -2.50. The molecule has 1 aliphatic carbocycles. The Morgan fingerprint density at radius 1 is 1.31 bits per heavy atom. The smallest absolute Gasteiger partial charge is 0.247 e. The van der Waals surface area contributed by atoms with Gasteiger partial charge in [0.25, 0.3) is 0 Å². The average Bonchev–Trinajstić information content (AvgIpc) is 3.22. The van der Waals surface area contributed by atoms with Crippen LogP contribution in [0.5, 0.6) is 0 Å². The standard InChI is InChI=1S/C25H28F2N4O/c1-3-4-16-13-18(24-10-12-29-31(24)2)5-7-20(16)25(32)30-23-15-28-11-9-19(23)17-6-8-21(26)22(27)14-17/h3,6,8,10,12-14,19,23,28H,1,4-5,7,9,11,15H2,2H3,(H,30,32)/t19-,23+/m0/s1. The number of carbonyl (C=O) groups is 1. The van der Waals surface area contributed by atoms with Crippen LogP contribution in [0.2, 0.25) is 0 Å². The first-order valence-corrected chi connectivity index (χ1v) is 11.0. The Balaban J connectivity index is 1.58. The van der Waals surface area contributed by atoms with Gasteiger partial charge in [-0.3, -0.25) is 9.48 Å². The highest BCUT2D eigenvalue weighted by molar-refractivity contribution is 5.96. The van der Waals surface area contributed by atoms with E-state index in [-0.39, 0.29) is 17.9 Å². The summed E-state index contributed by atoms with van der Waals surface area (Å²) in [6.07, 6.45) is 8.35. The third-order valence-electron chi connectivity index (χ3n) is 6.34. The van der Waals surface area contributed by atoms with E-state index < -0.39 is 11.6 Å². The lowest BCUT2D eigenvalue weighted by Gasteiger charge is -2.34. The van der Waals surface area contributed by atoms with Crippen LogP contribution in [-0.2, 0) is 11.8 Å². The summed E-state index contributed by atoms with van der Waals surface area (Å²) in [4.78, 5) is 13.3. The second-order valence-corrected chi connectivity index (χ2v) is 8.36. The van der Waals surface area contributed by atoms with Gasteiger partial charge in [0.05, 0.1) is 5.69 Å². The highest BCUT2D eigenvalue weighted by Crippen LogP contribution is 2.33. The number of nitrogens with zero attached hydrogens (tertiary/aromatic N) is 2. The molecule has 1 amide bonds. The molecule has 5 nitrogen and oxygen atoms in total. The minimum atomic E-state index is -0.860. The van der Waals surface area contributed by atoms with Crippen molar-refractivity contribution in [3.05, 3.63) is 83.2 Å². The summed E-state index contributed by atoms with van der Waals surface area (Å²) in [5.41, 5.74) is 4.61. The number of aryl methyl sites for hydroxylation is 1. The van der Waals surface area contributed by atoms with Crippen LogP contribution >= 0.6 is 0 Å². The van der Waals surface area contributed by atoms with Gasteiger partial charge in [0.2, 0.25) is 5.91 Å². The predicted molar refractivity (Wildman–Crippen MR) is 121 cm³/mol. The van der Waals surface area contributed by atoms with Crippen LogP contribution in [0.15, 0.2) is 60.3 Å². The Morgan fingerprint density at radius 2 is 2.16 bits per heavy atom. The van der Waals surface area contributed by atoms with E-state index in [1.165, 1.54) is 6.07 Å². The number of nitrogens with one attached hydrogen (secondary N) is 2. The van der Waals surface area contributed by atoms with Crippen LogP contribution in [0.4, 0.5) is 8.78 Å². The molecule has 4 rings (SSSR count). The molecule has 168 valence electrons. The van der Waals surface area contributed by atoms with Crippen LogP contribution < -0.4 is 10.6 Å². The van der Waals surface area contributed by atoms with E-state index in [0.717, 1.165) is 47.9 Å². The molecular weight excluding hydrogens is 410 g/mol. The topological polar surface area (TPSA) is 59.0 Å². The van der Waals surface area contributed by atoms with Crippen molar-refractivity contribution in [3.8, 4) is 0 Å². The molecule has 2 N–H and O–H groups in total. The third kappa shape index (κ3) is 4.58. The largest absolute Gasteiger partial charge is 0.348 e. The van der Waals surface area contributed by atoms with Crippen LogP contribution in [-0.4, -0.2) is 34.8 Å². The number of hydrogen-bond acceptors (Lipinski definition) is 3. The average molecular weight is 439 g/mol. The maximum absolute atomic E-state index is 13.8. The van der Waals surface area contributed by atoms with Crippen molar-refractivity contribution in [2.24, 2.45) is 7.05 Å². The van der Waals surface area contributed by atoms with Crippen molar-refractivity contribution in [1.29, 1.82) is 0 Å². The second kappa shape index (κ2) is 9.61. The Hall–Kier alpha value is -3.06. The monoisotopic (exact) mass is 438 g/mol. The molecule has 2 atom stereocenters. The van der Waals surface area contributed by atoms with Gasteiger partial charge in [0, 0.05) is 37.3 Å². The molecule has 7 heteroatoms. The van der Waals surface area contributed by atoms with E-state index in [4.69, 9.17) is 0 Å². The maximum Gasteiger partial charge on any atom is 0.247 e. The Bertz CT molecular complexity index is 1090. The molecule has 0 spiro atoms. The van der Waals surface area contributed by atoms with Crippen molar-refractivity contribution in [1.82, 2.24) is 20.4 Å². The first kappa shape index (κ1) is 22.1. The highest BCUT2D eigenvalue weighted by Gasteiger charge is 2.30. The minimum Gasteiger partial charge on any atom is -0.348 e. The van der Waals surface area contributed by atoms with Gasteiger partial charge in [-0.15, -0.1) is 6.58 Å². The van der Waals surface area contributed by atoms with E-state index >= 15 is 0 Å². The number of piperidine rings is 1. The summed E-state index contributed by atoms with van der Waals surface area (Å²) in [5.74, 6) is -1.91. The van der Waals surface area contributed by atoms with E-state index in [9.17, 15) is 13.6 Å². The summed E-state index contributed by atoms with van der Waals surface area (Å²) in [6, 6.07) is 5.78. The molecule has 1 saturated heterocycles. The van der Waals surface area contributed by atoms with Crippen molar-refractivity contribution >= 4 is 11.5 Å². The fourth-order valence-corrected chi connectivity index (χ4v) is 4.69. The third-order valence-corrected chi connectivity index (χ3v) is 6.34. The quantitative estimate of drug-likeness (QED) is 0.670. The molecule has 0 saturated carbocycles. The highest BCUT2D eigenvalue weighted by atomic mass is 19.2. The molecule has 0 bridgehead atoms. The first-order chi connectivity index (χ1) is 15.5. The van der Waals surface area contributed by atoms with E-state index in [0.29, 0.717) is 24.9 Å². The van der Waals surface area contributed by atoms with Crippen LogP contribution in [0.3, 0.4) is 0 Å². The van der Waals surface area contributed by atoms with Gasteiger partial charge < -0.3 is 10.6 Å². The summed E-state index contributed by atoms with van der Waals surface area (Å²) in [7, 11) is 1.91. The summed E-state index contributed by atoms with van der Waals surface area (Å²) >= 11 is 0. The molecular formula is C25H28F2N4O. The van der Waals surface area contributed by atoms with Gasteiger partial charge >= 0.3 is 0 Å². The molecule has 0 radical (unpaired) electrons. The number of rotatable bonds is 6. The predicted octanol–water partition coefficient (Wildman–Crippen LogP) is 4.01. The number of hydrogen-bond donors (Lipinski definition) is 2. The fourth-order valence-electron chi connectivity index (χ4n) is 4.69. The molecule has 0 unspecified atom stereocenters. The molecule has 1 fully saturated rings. The van der Waals surface area contributed by atoms with E-state index in [2.05, 4.69) is 28.4 Å². The minimum absolute atomic E-state index is 0.0807. The molecule has 2 aliphatic rings. The summed E-state index contributed by atoms with van der Waals surface area (Å²) in [6.45, 7) is 5.19. The summed E-state index contributed by atoms with van der Waals surface area (Å²) in [5, 5.41) is 10.7. The van der Waals surface area contributed by atoms with Gasteiger partial charge in [0.15, 0.2) is 11.6 Å². The number of aromatic nitrogens is 2. The number of amides is 1. The van der Waals surface area contributed by atoms with Crippen molar-refractivity contribution in [2.75, 3.05) is 13.1 Å². The Kier molecular flexibility index (Phi) is 6.65. The molecule has 32 heavy (non-hydrogen) atoms.